The van der Waals surface area contributed by atoms with Crippen molar-refractivity contribution in [2.75, 3.05) is 6.54 Å². The van der Waals surface area contributed by atoms with Crippen LogP contribution in [0.2, 0.25) is 0 Å². The van der Waals surface area contributed by atoms with Crippen LogP contribution < -0.4 is 11.1 Å². The molecule has 3 rings (SSSR count). The number of nitrogens with one attached hydrogen (secondary N) is 1. The van der Waals surface area contributed by atoms with Crippen LogP contribution in [-0.4, -0.2) is 29.8 Å². The van der Waals surface area contributed by atoms with E-state index in [4.69, 9.17) is 15.0 Å². The van der Waals surface area contributed by atoms with Gasteiger partial charge in [0.25, 0.3) is 0 Å². The summed E-state index contributed by atoms with van der Waals surface area (Å²) in [5.74, 6) is -2.14. The lowest BCUT2D eigenvalue weighted by Gasteiger charge is -2.24. The zero-order chi connectivity index (χ0) is 22.2. The lowest BCUT2D eigenvalue weighted by Crippen LogP contribution is -2.45. The van der Waals surface area contributed by atoms with E-state index in [9.17, 15) is 13.6 Å². The van der Waals surface area contributed by atoms with E-state index in [1.165, 1.54) is 30.0 Å². The molecule has 0 radical (unpaired) electrons. The number of ether oxygens (including phenoxy) is 1. The van der Waals surface area contributed by atoms with Gasteiger partial charge in [0, 0.05) is 31.3 Å². The van der Waals surface area contributed by atoms with Crippen LogP contribution in [-0.2, 0) is 24.1 Å². The van der Waals surface area contributed by atoms with Crippen molar-refractivity contribution >= 4 is 5.97 Å². The molecule has 0 aliphatic heterocycles. The first kappa shape index (κ1) is 22.6. The van der Waals surface area contributed by atoms with Gasteiger partial charge in [0.1, 0.15) is 17.7 Å². The van der Waals surface area contributed by atoms with E-state index in [0.717, 1.165) is 18.1 Å². The quantitative estimate of drug-likeness (QED) is 0.480. The van der Waals surface area contributed by atoms with E-state index in [1.54, 1.807) is 0 Å². The molecular formula is C23H25F2N3O3. The molecule has 0 aliphatic carbocycles. The van der Waals surface area contributed by atoms with E-state index in [0.29, 0.717) is 12.1 Å². The van der Waals surface area contributed by atoms with Gasteiger partial charge >= 0.3 is 5.97 Å². The number of hydrogen-bond donors (Lipinski definition) is 2. The van der Waals surface area contributed by atoms with Crippen molar-refractivity contribution in [2.45, 2.75) is 38.5 Å². The largest absolute Gasteiger partial charge is 0.453 e. The van der Waals surface area contributed by atoms with Crippen molar-refractivity contribution in [1.29, 1.82) is 0 Å². The molecule has 0 aliphatic rings. The van der Waals surface area contributed by atoms with Gasteiger partial charge in [0.15, 0.2) is 0 Å². The van der Waals surface area contributed by atoms with Crippen molar-refractivity contribution in [3.8, 4) is 0 Å². The summed E-state index contributed by atoms with van der Waals surface area (Å²) in [5, 5.41) is 6.74. The minimum atomic E-state index is -0.765. The maximum atomic E-state index is 13.5. The molecule has 2 aromatic carbocycles. The summed E-state index contributed by atoms with van der Waals surface area (Å²) in [6, 6.07) is 12.0. The molecule has 3 aromatic rings. The molecule has 1 aromatic heterocycles. The fourth-order valence-electron chi connectivity index (χ4n) is 3.25. The Kier molecular flexibility index (Phi) is 7.86. The van der Waals surface area contributed by atoms with Gasteiger partial charge in [0.2, 0.25) is 5.76 Å². The van der Waals surface area contributed by atoms with Gasteiger partial charge in [-0.25, -0.2) is 13.6 Å². The second-order valence-corrected chi connectivity index (χ2v) is 7.27. The Morgan fingerprint density at radius 2 is 1.87 bits per heavy atom. The maximum absolute atomic E-state index is 13.5. The lowest BCUT2D eigenvalue weighted by atomic mass is 10.0. The number of nitrogens with zero attached hydrogens (tertiary/aromatic N) is 1. The number of rotatable bonds is 10. The smallest absolute Gasteiger partial charge is 0.377 e. The number of aromatic nitrogens is 1. The van der Waals surface area contributed by atoms with Crippen LogP contribution in [0.15, 0.2) is 59.3 Å². The summed E-state index contributed by atoms with van der Waals surface area (Å²) >= 11 is 0. The third kappa shape index (κ3) is 6.70. The number of hydrogen-bond acceptors (Lipinski definition) is 6. The van der Waals surface area contributed by atoms with Crippen molar-refractivity contribution < 1.29 is 22.8 Å². The van der Waals surface area contributed by atoms with Gasteiger partial charge < -0.3 is 20.3 Å². The minimum absolute atomic E-state index is 0.0513. The van der Waals surface area contributed by atoms with Crippen molar-refractivity contribution in [2.24, 2.45) is 5.73 Å². The second kappa shape index (κ2) is 10.8. The highest BCUT2D eigenvalue weighted by molar-refractivity contribution is 5.86. The van der Waals surface area contributed by atoms with Crippen LogP contribution in [0.3, 0.4) is 0 Å². The highest BCUT2D eigenvalue weighted by atomic mass is 19.1. The molecule has 0 saturated heterocycles. The van der Waals surface area contributed by atoms with Crippen LogP contribution in [0.25, 0.3) is 0 Å². The van der Waals surface area contributed by atoms with E-state index >= 15 is 0 Å². The van der Waals surface area contributed by atoms with Gasteiger partial charge in [0.05, 0.1) is 6.20 Å². The molecule has 0 spiro atoms. The topological polar surface area (TPSA) is 90.4 Å². The standard InChI is InChI=1S/C23H25F2N3O3/c1-2-15-4-3-5-16(8-15)13-27-14-22(30-23(29)21-6-7-28-31-21)20(26)11-17-9-18(24)12-19(25)10-17/h3-10,12,20,22,27H,2,11,13-14,26H2,1H3/t20-,22+/m0/s1. The summed E-state index contributed by atoms with van der Waals surface area (Å²) in [7, 11) is 0. The number of halogens is 2. The maximum Gasteiger partial charge on any atom is 0.377 e. The third-order valence-corrected chi connectivity index (χ3v) is 4.84. The number of esters is 1. The summed E-state index contributed by atoms with van der Waals surface area (Å²) in [4.78, 5) is 12.3. The molecule has 2 atom stereocenters. The predicted octanol–water partition coefficient (Wildman–Crippen LogP) is 3.40. The molecule has 3 N–H and O–H groups in total. The van der Waals surface area contributed by atoms with Crippen molar-refractivity contribution in [3.05, 3.63) is 88.8 Å². The van der Waals surface area contributed by atoms with Crippen molar-refractivity contribution in [1.82, 2.24) is 10.5 Å². The van der Waals surface area contributed by atoms with E-state index < -0.39 is 29.7 Å². The first-order valence-electron chi connectivity index (χ1n) is 10.1. The predicted molar refractivity (Wildman–Crippen MR) is 111 cm³/mol. The Balaban J connectivity index is 1.67. The van der Waals surface area contributed by atoms with Gasteiger partial charge in [-0.3, -0.25) is 0 Å². The van der Waals surface area contributed by atoms with E-state index in [2.05, 4.69) is 29.5 Å². The first-order chi connectivity index (χ1) is 14.9. The molecule has 6 nitrogen and oxygen atoms in total. The summed E-state index contributed by atoms with van der Waals surface area (Å²) in [6.07, 6.45) is 1.62. The molecule has 1 heterocycles. The molecule has 164 valence electrons. The summed E-state index contributed by atoms with van der Waals surface area (Å²) in [6.45, 7) is 2.88. The minimum Gasteiger partial charge on any atom is -0.453 e. The Bertz CT molecular complexity index is 975. The lowest BCUT2D eigenvalue weighted by molar-refractivity contribution is 0.0194. The van der Waals surface area contributed by atoms with Crippen LogP contribution in [0, 0.1) is 11.6 Å². The van der Waals surface area contributed by atoms with Crippen LogP contribution in [0.4, 0.5) is 8.78 Å². The molecule has 31 heavy (non-hydrogen) atoms. The Labute approximate surface area is 179 Å². The number of benzene rings is 2. The Morgan fingerprint density at radius 3 is 2.55 bits per heavy atom. The van der Waals surface area contributed by atoms with Gasteiger partial charge in [-0.2, -0.15) is 0 Å². The SMILES string of the molecule is CCc1cccc(CNC[C@@H](OC(=O)c2ccno2)[C@@H](N)Cc2cc(F)cc(F)c2)c1. The molecule has 0 amide bonds. The molecule has 0 fully saturated rings. The highest BCUT2D eigenvalue weighted by Gasteiger charge is 2.25. The second-order valence-electron chi connectivity index (χ2n) is 7.27. The molecule has 0 bridgehead atoms. The number of nitrogens with two attached hydrogens (primary N) is 1. The first-order valence-corrected chi connectivity index (χ1v) is 10.1. The fraction of sp³-hybridized carbons (Fsp3) is 0.304. The van der Waals surface area contributed by atoms with Gasteiger partial charge in [-0.15, -0.1) is 0 Å². The molecule has 0 unspecified atom stereocenters. The number of carbonyl (C=O) groups is 1. The average Bonchev–Trinajstić information content (AvgIpc) is 3.27. The molecular weight excluding hydrogens is 404 g/mol. The zero-order valence-corrected chi connectivity index (χ0v) is 17.2. The average molecular weight is 429 g/mol. The number of aryl methyl sites for hydroxylation is 1. The van der Waals surface area contributed by atoms with Crippen LogP contribution >= 0.6 is 0 Å². The van der Waals surface area contributed by atoms with E-state index in [1.807, 2.05) is 12.1 Å². The third-order valence-electron chi connectivity index (χ3n) is 4.84. The van der Waals surface area contributed by atoms with E-state index in [-0.39, 0.29) is 18.7 Å². The Hall–Kier alpha value is -3.10. The van der Waals surface area contributed by atoms with Crippen LogP contribution in [0.5, 0.6) is 0 Å². The molecule has 0 saturated carbocycles. The summed E-state index contributed by atoms with van der Waals surface area (Å²) in [5.41, 5.74) is 8.95. The fourth-order valence-corrected chi connectivity index (χ4v) is 3.25. The number of carbonyl (C=O) groups excluding carboxylic acids is 1. The highest BCUT2D eigenvalue weighted by Crippen LogP contribution is 2.14. The normalized spacial score (nSPS) is 13.0. The molecule has 8 heteroatoms. The van der Waals surface area contributed by atoms with Gasteiger partial charge in [-0.05, 0) is 41.7 Å². The van der Waals surface area contributed by atoms with Crippen LogP contribution in [0.1, 0.15) is 34.2 Å². The zero-order valence-electron chi connectivity index (χ0n) is 17.2. The summed E-state index contributed by atoms with van der Waals surface area (Å²) < 4.78 is 37.4. The Morgan fingerprint density at radius 1 is 1.13 bits per heavy atom. The van der Waals surface area contributed by atoms with Crippen molar-refractivity contribution in [3.63, 3.8) is 0 Å². The van der Waals surface area contributed by atoms with Gasteiger partial charge in [-0.1, -0.05) is 36.3 Å². The monoisotopic (exact) mass is 429 g/mol.